The lowest BCUT2D eigenvalue weighted by molar-refractivity contribution is -0.384. The molecule has 7 heteroatoms. The topological polar surface area (TPSA) is 91.3 Å². The van der Waals surface area contributed by atoms with Crippen molar-refractivity contribution in [2.24, 2.45) is 0 Å². The van der Waals surface area contributed by atoms with Crippen LogP contribution in [-0.2, 0) is 0 Å². The van der Waals surface area contributed by atoms with Crippen LogP contribution in [0.4, 0.5) is 5.69 Å². The van der Waals surface area contributed by atoms with Crippen molar-refractivity contribution >= 4 is 17.8 Å². The van der Waals surface area contributed by atoms with Crippen LogP contribution in [0.15, 0.2) is 53.1 Å². The van der Waals surface area contributed by atoms with Gasteiger partial charge in [0.05, 0.1) is 12.0 Å². The number of hydrogen-bond acceptors (Lipinski definition) is 6. The Kier molecular flexibility index (Phi) is 4.33. The number of nitrogens with zero attached hydrogens (tertiary/aromatic N) is 3. The monoisotopic (exact) mass is 323 g/mol. The predicted molar refractivity (Wildman–Crippen MR) is 88.3 cm³/mol. The summed E-state index contributed by atoms with van der Waals surface area (Å²) in [6, 6.07) is 13.5. The van der Waals surface area contributed by atoms with Crippen molar-refractivity contribution in [2.45, 2.75) is 0 Å². The van der Waals surface area contributed by atoms with Crippen LogP contribution in [0.3, 0.4) is 0 Å². The average Bonchev–Trinajstić information content (AvgIpc) is 3.09. The van der Waals surface area contributed by atoms with Gasteiger partial charge in [-0.25, -0.2) is 0 Å². The quantitative estimate of drug-likeness (QED) is 0.523. The molecule has 0 saturated heterocycles. The number of benzene rings is 2. The van der Waals surface area contributed by atoms with Crippen molar-refractivity contribution in [3.63, 3.8) is 0 Å². The Labute approximate surface area is 137 Å². The number of methoxy groups -OCH3 is 1. The zero-order chi connectivity index (χ0) is 16.9. The summed E-state index contributed by atoms with van der Waals surface area (Å²) in [6.45, 7) is 0. The van der Waals surface area contributed by atoms with E-state index >= 15 is 0 Å². The smallest absolute Gasteiger partial charge is 0.269 e. The summed E-state index contributed by atoms with van der Waals surface area (Å²) in [5.74, 6) is 1.50. The maximum atomic E-state index is 10.7. The van der Waals surface area contributed by atoms with Gasteiger partial charge >= 0.3 is 0 Å². The van der Waals surface area contributed by atoms with Crippen molar-refractivity contribution in [1.29, 1.82) is 0 Å². The fourth-order valence-electron chi connectivity index (χ4n) is 2.03. The Morgan fingerprint density at radius 2 is 1.79 bits per heavy atom. The molecular weight excluding hydrogens is 310 g/mol. The Balaban J connectivity index is 1.74. The molecule has 0 aliphatic carbocycles. The molecule has 1 heterocycles. The minimum atomic E-state index is -0.455. The molecule has 24 heavy (non-hydrogen) atoms. The van der Waals surface area contributed by atoms with Crippen molar-refractivity contribution in [3.05, 3.63) is 70.1 Å². The van der Waals surface area contributed by atoms with Crippen LogP contribution in [0.5, 0.6) is 5.75 Å². The SMILES string of the molecule is COc1ccc(/C=C/c2nc(-c3ccc([N+](=O)[O-])cc3)no2)cc1. The van der Waals surface area contributed by atoms with Gasteiger partial charge in [0.25, 0.3) is 11.6 Å². The maximum Gasteiger partial charge on any atom is 0.269 e. The molecule has 0 N–H and O–H groups in total. The standard InChI is InChI=1S/C17H13N3O4/c1-23-15-9-2-12(3-10-15)4-11-16-18-17(19-24-16)13-5-7-14(8-6-13)20(21)22/h2-11H,1H3/b11-4+. The van der Waals surface area contributed by atoms with Crippen LogP contribution < -0.4 is 4.74 Å². The maximum absolute atomic E-state index is 10.7. The first-order valence-electron chi connectivity index (χ1n) is 7.06. The Bertz CT molecular complexity index is 868. The highest BCUT2D eigenvalue weighted by Crippen LogP contribution is 2.20. The van der Waals surface area contributed by atoms with E-state index in [1.165, 1.54) is 12.1 Å². The normalized spacial score (nSPS) is 10.9. The highest BCUT2D eigenvalue weighted by Gasteiger charge is 2.09. The van der Waals surface area contributed by atoms with E-state index in [4.69, 9.17) is 9.26 Å². The number of non-ortho nitro benzene ring substituents is 1. The summed E-state index contributed by atoms with van der Waals surface area (Å²) in [5, 5.41) is 14.5. The van der Waals surface area contributed by atoms with E-state index in [0.717, 1.165) is 11.3 Å². The summed E-state index contributed by atoms with van der Waals surface area (Å²) in [5.41, 5.74) is 1.63. The first kappa shape index (κ1) is 15.4. The van der Waals surface area contributed by atoms with E-state index in [1.807, 2.05) is 30.3 Å². The van der Waals surface area contributed by atoms with Gasteiger partial charge in [0.2, 0.25) is 5.82 Å². The van der Waals surface area contributed by atoms with Gasteiger partial charge in [0, 0.05) is 23.8 Å². The summed E-state index contributed by atoms with van der Waals surface area (Å²) < 4.78 is 10.3. The second kappa shape index (κ2) is 6.74. The van der Waals surface area contributed by atoms with E-state index in [-0.39, 0.29) is 5.69 Å². The van der Waals surface area contributed by atoms with E-state index < -0.39 is 4.92 Å². The number of ether oxygens (including phenoxy) is 1. The van der Waals surface area contributed by atoms with Crippen molar-refractivity contribution in [1.82, 2.24) is 10.1 Å². The lowest BCUT2D eigenvalue weighted by Crippen LogP contribution is -1.87. The molecule has 0 aliphatic heterocycles. The highest BCUT2D eigenvalue weighted by atomic mass is 16.6. The van der Waals surface area contributed by atoms with Gasteiger partial charge in [-0.2, -0.15) is 4.98 Å². The molecule has 0 fully saturated rings. The number of rotatable bonds is 5. The molecule has 120 valence electrons. The van der Waals surface area contributed by atoms with E-state index in [1.54, 1.807) is 25.3 Å². The van der Waals surface area contributed by atoms with Gasteiger partial charge in [-0.3, -0.25) is 10.1 Å². The average molecular weight is 323 g/mol. The molecule has 0 spiro atoms. The minimum absolute atomic E-state index is 0.0156. The zero-order valence-electron chi connectivity index (χ0n) is 12.7. The van der Waals surface area contributed by atoms with Gasteiger partial charge in [-0.15, -0.1) is 0 Å². The Hall–Kier alpha value is -3.48. The lowest BCUT2D eigenvalue weighted by Gasteiger charge is -1.98. The van der Waals surface area contributed by atoms with Crippen LogP contribution in [0.2, 0.25) is 0 Å². The molecule has 3 aromatic rings. The zero-order valence-corrected chi connectivity index (χ0v) is 12.7. The van der Waals surface area contributed by atoms with Gasteiger partial charge in [-0.1, -0.05) is 17.3 Å². The summed E-state index contributed by atoms with van der Waals surface area (Å²) in [7, 11) is 1.61. The predicted octanol–water partition coefficient (Wildman–Crippen LogP) is 3.82. The lowest BCUT2D eigenvalue weighted by atomic mass is 10.2. The molecule has 0 saturated carbocycles. The van der Waals surface area contributed by atoms with Crippen molar-refractivity contribution < 1.29 is 14.2 Å². The van der Waals surface area contributed by atoms with Crippen molar-refractivity contribution in [2.75, 3.05) is 7.11 Å². The van der Waals surface area contributed by atoms with Crippen LogP contribution >= 0.6 is 0 Å². The van der Waals surface area contributed by atoms with Crippen LogP contribution in [-0.4, -0.2) is 22.2 Å². The Morgan fingerprint density at radius 1 is 1.08 bits per heavy atom. The molecule has 0 atom stereocenters. The van der Waals surface area contributed by atoms with Gasteiger partial charge in [-0.05, 0) is 35.9 Å². The van der Waals surface area contributed by atoms with Gasteiger partial charge in [0.15, 0.2) is 0 Å². The minimum Gasteiger partial charge on any atom is -0.497 e. The third-order valence-corrected chi connectivity index (χ3v) is 3.31. The van der Waals surface area contributed by atoms with E-state index in [9.17, 15) is 10.1 Å². The van der Waals surface area contributed by atoms with E-state index in [2.05, 4.69) is 10.1 Å². The van der Waals surface area contributed by atoms with Crippen molar-refractivity contribution in [3.8, 4) is 17.1 Å². The number of nitro groups is 1. The molecule has 7 nitrogen and oxygen atoms in total. The molecule has 1 aromatic heterocycles. The third-order valence-electron chi connectivity index (χ3n) is 3.31. The Morgan fingerprint density at radius 3 is 2.42 bits per heavy atom. The van der Waals surface area contributed by atoms with Crippen LogP contribution in [0, 0.1) is 10.1 Å². The summed E-state index contributed by atoms with van der Waals surface area (Å²) >= 11 is 0. The van der Waals surface area contributed by atoms with Crippen LogP contribution in [0.25, 0.3) is 23.5 Å². The fourth-order valence-corrected chi connectivity index (χ4v) is 2.03. The van der Waals surface area contributed by atoms with Gasteiger partial charge < -0.3 is 9.26 Å². The number of nitro benzene ring substituents is 1. The summed E-state index contributed by atoms with van der Waals surface area (Å²) in [6.07, 6.45) is 3.54. The largest absolute Gasteiger partial charge is 0.497 e. The number of aromatic nitrogens is 2. The molecule has 0 amide bonds. The first-order valence-corrected chi connectivity index (χ1v) is 7.06. The first-order chi connectivity index (χ1) is 11.7. The van der Waals surface area contributed by atoms with Crippen LogP contribution in [0.1, 0.15) is 11.5 Å². The second-order valence-electron chi connectivity index (χ2n) is 4.87. The molecule has 0 radical (unpaired) electrons. The fraction of sp³-hybridized carbons (Fsp3) is 0.0588. The second-order valence-corrected chi connectivity index (χ2v) is 4.87. The number of hydrogen-bond donors (Lipinski definition) is 0. The third kappa shape index (κ3) is 3.46. The molecule has 2 aromatic carbocycles. The highest BCUT2D eigenvalue weighted by molar-refractivity contribution is 5.67. The van der Waals surface area contributed by atoms with E-state index in [0.29, 0.717) is 17.3 Å². The molecule has 0 unspecified atom stereocenters. The molecule has 3 rings (SSSR count). The van der Waals surface area contributed by atoms with Gasteiger partial charge in [0.1, 0.15) is 5.75 Å². The molecule has 0 aliphatic rings. The molecule has 0 bridgehead atoms. The molecular formula is C17H13N3O4. The summed E-state index contributed by atoms with van der Waals surface area (Å²) in [4.78, 5) is 14.4.